The van der Waals surface area contributed by atoms with E-state index in [-0.39, 0.29) is 0 Å². The summed E-state index contributed by atoms with van der Waals surface area (Å²) in [7, 11) is 0. The summed E-state index contributed by atoms with van der Waals surface area (Å²) in [5, 5.41) is 0. The lowest BCUT2D eigenvalue weighted by molar-refractivity contribution is 0.319. The summed E-state index contributed by atoms with van der Waals surface area (Å²) in [5.74, 6) is 2.76. The Morgan fingerprint density at radius 1 is 0.700 bits per heavy atom. The van der Waals surface area contributed by atoms with Crippen molar-refractivity contribution < 1.29 is 0 Å². The molecule has 0 aromatic heterocycles. The van der Waals surface area contributed by atoms with Gasteiger partial charge in [0.15, 0.2) is 0 Å². The van der Waals surface area contributed by atoms with Crippen molar-refractivity contribution in [1.82, 2.24) is 0 Å². The van der Waals surface area contributed by atoms with Crippen molar-refractivity contribution in [3.05, 3.63) is 41.5 Å². The smallest absolute Gasteiger partial charge is 0.0162 e. The molecule has 0 aliphatic heterocycles. The van der Waals surface area contributed by atoms with E-state index in [0.29, 0.717) is 0 Å². The highest BCUT2D eigenvalue weighted by Crippen LogP contribution is 2.38. The highest BCUT2D eigenvalue weighted by atomic mass is 14.3. The van der Waals surface area contributed by atoms with Gasteiger partial charge >= 0.3 is 0 Å². The van der Waals surface area contributed by atoms with Crippen LogP contribution in [0, 0.1) is 11.8 Å². The average Bonchev–Trinajstić information content (AvgIpc) is 2.81. The van der Waals surface area contributed by atoms with Gasteiger partial charge in [0.1, 0.15) is 0 Å². The van der Waals surface area contributed by atoms with E-state index in [9.17, 15) is 0 Å². The molecule has 0 N–H and O–H groups in total. The van der Waals surface area contributed by atoms with E-state index >= 15 is 0 Å². The SMILES string of the molecule is CCCCCCCCCCC1CC=C(c2ccc(C3CCC(CC)CC3)cc2)CC1. The predicted molar refractivity (Wildman–Crippen MR) is 134 cm³/mol. The van der Waals surface area contributed by atoms with Gasteiger partial charge in [-0.1, -0.05) is 108 Å². The third kappa shape index (κ3) is 7.58. The second-order valence-corrected chi connectivity index (χ2v) is 10.4. The Labute approximate surface area is 187 Å². The molecule has 0 spiro atoms. The fourth-order valence-electron chi connectivity index (χ4n) is 5.85. The molecule has 0 saturated heterocycles. The summed E-state index contributed by atoms with van der Waals surface area (Å²) in [6.45, 7) is 4.66. The molecule has 1 fully saturated rings. The van der Waals surface area contributed by atoms with Crippen molar-refractivity contribution in [2.24, 2.45) is 11.8 Å². The molecule has 0 bridgehead atoms. The molecule has 0 radical (unpaired) electrons. The maximum atomic E-state index is 2.57. The van der Waals surface area contributed by atoms with Crippen molar-refractivity contribution in [2.75, 3.05) is 0 Å². The third-order valence-corrected chi connectivity index (χ3v) is 8.16. The van der Waals surface area contributed by atoms with Crippen LogP contribution >= 0.6 is 0 Å². The monoisotopic (exact) mass is 408 g/mol. The highest BCUT2D eigenvalue weighted by molar-refractivity contribution is 5.66. The first-order valence-electron chi connectivity index (χ1n) is 13.6. The van der Waals surface area contributed by atoms with Gasteiger partial charge in [-0.05, 0) is 79.4 Å². The molecular formula is C30H48. The third-order valence-electron chi connectivity index (χ3n) is 8.16. The van der Waals surface area contributed by atoms with Gasteiger partial charge in [0.25, 0.3) is 0 Å². The summed E-state index contributed by atoms with van der Waals surface area (Å²) in [5.41, 5.74) is 4.70. The van der Waals surface area contributed by atoms with Gasteiger partial charge < -0.3 is 0 Å². The Morgan fingerprint density at radius 2 is 1.37 bits per heavy atom. The normalized spacial score (nSPS) is 24.6. The van der Waals surface area contributed by atoms with E-state index in [1.807, 2.05) is 0 Å². The van der Waals surface area contributed by atoms with E-state index in [0.717, 1.165) is 17.8 Å². The number of rotatable bonds is 12. The van der Waals surface area contributed by atoms with Gasteiger partial charge in [-0.25, -0.2) is 0 Å². The minimum absolute atomic E-state index is 0.818. The van der Waals surface area contributed by atoms with Crippen LogP contribution in [0.5, 0.6) is 0 Å². The van der Waals surface area contributed by atoms with Crippen LogP contribution in [0.25, 0.3) is 5.57 Å². The molecule has 3 rings (SSSR count). The van der Waals surface area contributed by atoms with E-state index in [1.165, 1.54) is 115 Å². The van der Waals surface area contributed by atoms with Crippen LogP contribution in [0.4, 0.5) is 0 Å². The quantitative estimate of drug-likeness (QED) is 0.302. The number of hydrogen-bond acceptors (Lipinski definition) is 0. The first kappa shape index (κ1) is 23.6. The number of allylic oxidation sites excluding steroid dienone is 2. The molecule has 0 nitrogen and oxygen atoms in total. The standard InChI is InChI=1S/C30H48/c1-3-5-6-7-8-9-10-11-12-26-15-19-28(20-16-26)30-23-21-29(22-24-30)27-17-13-25(4-2)14-18-27/h19,21-27H,3-18,20H2,1-2H3. The van der Waals surface area contributed by atoms with Crippen LogP contribution in [0.15, 0.2) is 30.3 Å². The summed E-state index contributed by atoms with van der Waals surface area (Å²) < 4.78 is 0. The maximum Gasteiger partial charge on any atom is -0.0162 e. The Bertz CT molecular complexity index is 599. The van der Waals surface area contributed by atoms with E-state index in [2.05, 4.69) is 44.2 Å². The van der Waals surface area contributed by atoms with Crippen LogP contribution in [-0.2, 0) is 0 Å². The zero-order chi connectivity index (χ0) is 21.0. The zero-order valence-electron chi connectivity index (χ0n) is 20.1. The van der Waals surface area contributed by atoms with Crippen molar-refractivity contribution in [2.45, 2.75) is 129 Å². The number of hydrogen-bond donors (Lipinski definition) is 0. The molecule has 30 heavy (non-hydrogen) atoms. The minimum Gasteiger partial charge on any atom is -0.0804 e. The summed E-state index contributed by atoms with van der Waals surface area (Å²) in [4.78, 5) is 0. The Morgan fingerprint density at radius 3 is 1.97 bits per heavy atom. The van der Waals surface area contributed by atoms with Crippen LogP contribution < -0.4 is 0 Å². The van der Waals surface area contributed by atoms with E-state index < -0.39 is 0 Å². The molecule has 0 amide bonds. The van der Waals surface area contributed by atoms with Gasteiger partial charge in [-0.2, -0.15) is 0 Å². The molecule has 2 aliphatic rings. The van der Waals surface area contributed by atoms with Crippen LogP contribution in [0.1, 0.15) is 140 Å². The van der Waals surface area contributed by atoms with Gasteiger partial charge in [-0.3, -0.25) is 0 Å². The summed E-state index contributed by atoms with van der Waals surface area (Å²) in [6, 6.07) is 9.73. The van der Waals surface area contributed by atoms with E-state index in [1.54, 1.807) is 11.1 Å². The van der Waals surface area contributed by atoms with Crippen LogP contribution in [0.2, 0.25) is 0 Å². The molecule has 0 heterocycles. The molecular weight excluding hydrogens is 360 g/mol. The van der Waals surface area contributed by atoms with Crippen molar-refractivity contribution >= 4 is 5.57 Å². The first-order chi connectivity index (χ1) is 14.8. The Balaban J connectivity index is 1.35. The molecule has 1 aromatic rings. The molecule has 1 saturated carbocycles. The lowest BCUT2D eigenvalue weighted by atomic mass is 9.77. The topological polar surface area (TPSA) is 0 Å². The first-order valence-corrected chi connectivity index (χ1v) is 13.6. The van der Waals surface area contributed by atoms with Gasteiger partial charge in [0.2, 0.25) is 0 Å². The van der Waals surface area contributed by atoms with Gasteiger partial charge in [0, 0.05) is 0 Å². The predicted octanol–water partition coefficient (Wildman–Crippen LogP) is 10.1. The largest absolute Gasteiger partial charge is 0.0804 e. The molecule has 168 valence electrons. The molecule has 2 aliphatic carbocycles. The highest BCUT2D eigenvalue weighted by Gasteiger charge is 2.21. The maximum absolute atomic E-state index is 2.57. The van der Waals surface area contributed by atoms with E-state index in [4.69, 9.17) is 0 Å². The molecule has 1 unspecified atom stereocenters. The number of benzene rings is 1. The zero-order valence-corrected chi connectivity index (χ0v) is 20.1. The van der Waals surface area contributed by atoms with Crippen molar-refractivity contribution in [1.29, 1.82) is 0 Å². The lowest BCUT2D eigenvalue weighted by Crippen LogP contribution is -2.12. The Kier molecular flexibility index (Phi) is 10.5. The van der Waals surface area contributed by atoms with Gasteiger partial charge in [0.05, 0.1) is 0 Å². The number of unbranched alkanes of at least 4 members (excludes halogenated alkanes) is 7. The molecule has 1 aromatic carbocycles. The van der Waals surface area contributed by atoms with Crippen molar-refractivity contribution in [3.8, 4) is 0 Å². The van der Waals surface area contributed by atoms with Crippen molar-refractivity contribution in [3.63, 3.8) is 0 Å². The fraction of sp³-hybridized carbons (Fsp3) is 0.733. The molecule has 1 atom stereocenters. The Hall–Kier alpha value is -1.04. The van der Waals surface area contributed by atoms with Crippen LogP contribution in [0.3, 0.4) is 0 Å². The second kappa shape index (κ2) is 13.4. The van der Waals surface area contributed by atoms with Gasteiger partial charge in [-0.15, -0.1) is 0 Å². The minimum atomic E-state index is 0.818. The fourth-order valence-corrected chi connectivity index (χ4v) is 5.85. The molecule has 0 heteroatoms. The summed E-state index contributed by atoms with van der Waals surface area (Å²) >= 11 is 0. The van der Waals surface area contributed by atoms with Crippen LogP contribution in [-0.4, -0.2) is 0 Å². The lowest BCUT2D eigenvalue weighted by Gasteiger charge is -2.28. The average molecular weight is 409 g/mol. The second-order valence-electron chi connectivity index (χ2n) is 10.4. The summed E-state index contributed by atoms with van der Waals surface area (Å²) in [6.07, 6.45) is 26.6.